The first-order valence-corrected chi connectivity index (χ1v) is 6.27. The van der Waals surface area contributed by atoms with E-state index in [4.69, 9.17) is 9.47 Å². The standard InChI is InChI=1S/C16H15NO2/c1-18-14-9-5-8-13(10-14)16-17-15(11-19-16)12-6-3-2-4-7-12/h2-10,15H,11H2,1H3/t15-/m1/s1. The number of benzene rings is 2. The summed E-state index contributed by atoms with van der Waals surface area (Å²) < 4.78 is 10.9. The lowest BCUT2D eigenvalue weighted by Gasteiger charge is -2.04. The quantitative estimate of drug-likeness (QED) is 0.841. The normalized spacial score (nSPS) is 17.7. The molecule has 1 aliphatic rings. The van der Waals surface area contributed by atoms with Gasteiger partial charge in [-0.3, -0.25) is 0 Å². The lowest BCUT2D eigenvalue weighted by Crippen LogP contribution is -2.01. The molecule has 0 bridgehead atoms. The van der Waals surface area contributed by atoms with Gasteiger partial charge >= 0.3 is 0 Å². The highest BCUT2D eigenvalue weighted by Gasteiger charge is 2.21. The van der Waals surface area contributed by atoms with Crippen LogP contribution in [0.15, 0.2) is 59.6 Å². The minimum Gasteiger partial charge on any atom is -0.497 e. The van der Waals surface area contributed by atoms with Crippen LogP contribution in [0.4, 0.5) is 0 Å². The molecule has 0 unspecified atom stereocenters. The van der Waals surface area contributed by atoms with E-state index in [1.807, 2.05) is 42.5 Å². The van der Waals surface area contributed by atoms with E-state index in [1.54, 1.807) is 7.11 Å². The molecule has 1 atom stereocenters. The smallest absolute Gasteiger partial charge is 0.217 e. The third-order valence-electron chi connectivity index (χ3n) is 3.15. The Labute approximate surface area is 112 Å². The van der Waals surface area contributed by atoms with Gasteiger partial charge in [0, 0.05) is 5.56 Å². The number of rotatable bonds is 3. The molecule has 0 fully saturated rings. The second kappa shape index (κ2) is 5.14. The predicted molar refractivity (Wildman–Crippen MR) is 74.7 cm³/mol. The van der Waals surface area contributed by atoms with Gasteiger partial charge in [-0.15, -0.1) is 0 Å². The second-order valence-electron chi connectivity index (χ2n) is 4.40. The van der Waals surface area contributed by atoms with Crippen LogP contribution in [0.1, 0.15) is 17.2 Å². The second-order valence-corrected chi connectivity index (χ2v) is 4.40. The number of aliphatic imine (C=N–C) groups is 1. The molecular formula is C16H15NO2. The van der Waals surface area contributed by atoms with Gasteiger partial charge < -0.3 is 9.47 Å². The van der Waals surface area contributed by atoms with E-state index in [9.17, 15) is 0 Å². The van der Waals surface area contributed by atoms with Crippen LogP contribution in [0.2, 0.25) is 0 Å². The minimum atomic E-state index is 0.0856. The lowest BCUT2D eigenvalue weighted by molar-refractivity contribution is 0.319. The van der Waals surface area contributed by atoms with Crippen molar-refractivity contribution >= 4 is 5.90 Å². The van der Waals surface area contributed by atoms with Crippen molar-refractivity contribution in [2.75, 3.05) is 13.7 Å². The van der Waals surface area contributed by atoms with Crippen molar-refractivity contribution in [2.24, 2.45) is 4.99 Å². The van der Waals surface area contributed by atoms with Crippen molar-refractivity contribution in [3.8, 4) is 5.75 Å². The summed E-state index contributed by atoms with van der Waals surface area (Å²) in [6.07, 6.45) is 0. The molecule has 0 N–H and O–H groups in total. The lowest BCUT2D eigenvalue weighted by atomic mass is 10.1. The number of nitrogens with zero attached hydrogens (tertiary/aromatic N) is 1. The van der Waals surface area contributed by atoms with E-state index in [0.29, 0.717) is 12.5 Å². The summed E-state index contributed by atoms with van der Waals surface area (Å²) in [7, 11) is 1.66. The monoisotopic (exact) mass is 253 g/mol. The van der Waals surface area contributed by atoms with Gasteiger partial charge in [0.1, 0.15) is 18.4 Å². The molecule has 2 aromatic carbocycles. The van der Waals surface area contributed by atoms with Crippen molar-refractivity contribution in [3.63, 3.8) is 0 Å². The van der Waals surface area contributed by atoms with Crippen molar-refractivity contribution in [3.05, 3.63) is 65.7 Å². The van der Waals surface area contributed by atoms with Gasteiger partial charge in [-0.05, 0) is 23.8 Å². The Morgan fingerprint density at radius 1 is 1.11 bits per heavy atom. The summed E-state index contributed by atoms with van der Waals surface area (Å²) in [5, 5.41) is 0. The van der Waals surface area contributed by atoms with Crippen LogP contribution in [-0.4, -0.2) is 19.6 Å². The Kier molecular flexibility index (Phi) is 3.19. The molecule has 0 aliphatic carbocycles. The fourth-order valence-electron chi connectivity index (χ4n) is 2.13. The van der Waals surface area contributed by atoms with Gasteiger partial charge in [-0.1, -0.05) is 36.4 Å². The first kappa shape index (κ1) is 11.8. The van der Waals surface area contributed by atoms with Crippen LogP contribution in [-0.2, 0) is 4.74 Å². The predicted octanol–water partition coefficient (Wildman–Crippen LogP) is 3.21. The zero-order valence-corrected chi connectivity index (χ0v) is 10.7. The molecule has 0 aromatic heterocycles. The van der Waals surface area contributed by atoms with E-state index in [0.717, 1.165) is 11.3 Å². The molecule has 0 saturated carbocycles. The molecule has 0 amide bonds. The number of methoxy groups -OCH3 is 1. The molecule has 0 radical (unpaired) electrons. The summed E-state index contributed by atoms with van der Waals surface area (Å²) in [6, 6.07) is 18.1. The Morgan fingerprint density at radius 3 is 2.74 bits per heavy atom. The summed E-state index contributed by atoms with van der Waals surface area (Å²) in [5.41, 5.74) is 2.14. The first-order chi connectivity index (χ1) is 9.36. The van der Waals surface area contributed by atoms with E-state index < -0.39 is 0 Å². The molecule has 3 nitrogen and oxygen atoms in total. The summed E-state index contributed by atoms with van der Waals surface area (Å²) in [6.45, 7) is 0.594. The van der Waals surface area contributed by atoms with Gasteiger partial charge in [0.2, 0.25) is 5.90 Å². The molecule has 1 heterocycles. The van der Waals surface area contributed by atoms with Crippen molar-refractivity contribution in [2.45, 2.75) is 6.04 Å². The minimum absolute atomic E-state index is 0.0856. The van der Waals surface area contributed by atoms with Crippen molar-refractivity contribution in [1.82, 2.24) is 0 Å². The Morgan fingerprint density at radius 2 is 1.95 bits per heavy atom. The SMILES string of the molecule is COc1cccc(C2=N[C@@H](c3ccccc3)CO2)c1. The Balaban J connectivity index is 1.87. The van der Waals surface area contributed by atoms with Gasteiger partial charge in [-0.2, -0.15) is 0 Å². The van der Waals surface area contributed by atoms with Gasteiger partial charge in [-0.25, -0.2) is 4.99 Å². The zero-order chi connectivity index (χ0) is 13.1. The average Bonchev–Trinajstić information content (AvgIpc) is 2.98. The van der Waals surface area contributed by atoms with E-state index >= 15 is 0 Å². The topological polar surface area (TPSA) is 30.8 Å². The highest BCUT2D eigenvalue weighted by molar-refractivity contribution is 5.95. The Bertz CT molecular complexity index is 593. The fraction of sp³-hybridized carbons (Fsp3) is 0.188. The molecule has 1 aliphatic heterocycles. The van der Waals surface area contributed by atoms with Crippen LogP contribution in [0.5, 0.6) is 5.75 Å². The Hall–Kier alpha value is -2.29. The molecule has 0 spiro atoms. The summed E-state index contributed by atoms with van der Waals surface area (Å²) in [4.78, 5) is 4.64. The fourth-order valence-corrected chi connectivity index (χ4v) is 2.13. The maximum atomic E-state index is 5.70. The maximum Gasteiger partial charge on any atom is 0.217 e. The van der Waals surface area contributed by atoms with Gasteiger partial charge in [0.05, 0.1) is 7.11 Å². The van der Waals surface area contributed by atoms with E-state index in [2.05, 4.69) is 17.1 Å². The van der Waals surface area contributed by atoms with Crippen LogP contribution in [0.25, 0.3) is 0 Å². The van der Waals surface area contributed by atoms with Crippen LogP contribution in [0.3, 0.4) is 0 Å². The molecule has 0 saturated heterocycles. The van der Waals surface area contributed by atoms with E-state index in [1.165, 1.54) is 5.56 Å². The highest BCUT2D eigenvalue weighted by Crippen LogP contribution is 2.25. The number of ether oxygens (including phenoxy) is 2. The van der Waals surface area contributed by atoms with Crippen LogP contribution >= 0.6 is 0 Å². The molecular weight excluding hydrogens is 238 g/mol. The summed E-state index contributed by atoms with van der Waals surface area (Å²) >= 11 is 0. The molecule has 19 heavy (non-hydrogen) atoms. The third-order valence-corrected chi connectivity index (χ3v) is 3.15. The highest BCUT2D eigenvalue weighted by atomic mass is 16.5. The van der Waals surface area contributed by atoms with Gasteiger partial charge in [0.15, 0.2) is 0 Å². The van der Waals surface area contributed by atoms with Crippen LogP contribution in [0, 0.1) is 0 Å². The molecule has 3 rings (SSSR count). The third kappa shape index (κ3) is 2.45. The zero-order valence-electron chi connectivity index (χ0n) is 10.7. The maximum absolute atomic E-state index is 5.70. The largest absolute Gasteiger partial charge is 0.497 e. The van der Waals surface area contributed by atoms with Crippen molar-refractivity contribution in [1.29, 1.82) is 0 Å². The molecule has 2 aromatic rings. The first-order valence-electron chi connectivity index (χ1n) is 6.27. The molecule has 3 heteroatoms. The summed E-state index contributed by atoms with van der Waals surface area (Å²) in [5.74, 6) is 1.50. The number of hydrogen-bond donors (Lipinski definition) is 0. The van der Waals surface area contributed by atoms with Gasteiger partial charge in [0.25, 0.3) is 0 Å². The molecule has 96 valence electrons. The van der Waals surface area contributed by atoms with Crippen molar-refractivity contribution < 1.29 is 9.47 Å². The number of hydrogen-bond acceptors (Lipinski definition) is 3. The van der Waals surface area contributed by atoms with Crippen LogP contribution < -0.4 is 4.74 Å². The van der Waals surface area contributed by atoms with E-state index in [-0.39, 0.29) is 6.04 Å². The average molecular weight is 253 g/mol.